The van der Waals surface area contributed by atoms with E-state index in [1.165, 1.54) is 0 Å². The van der Waals surface area contributed by atoms with Crippen molar-refractivity contribution in [3.8, 4) is 16.9 Å². The molecule has 0 saturated carbocycles. The Kier molecular flexibility index (Phi) is 5.12. The largest absolute Gasteiger partial charge is 0.497 e. The van der Waals surface area contributed by atoms with Crippen LogP contribution in [0.1, 0.15) is 34.8 Å². The molecule has 31 heavy (non-hydrogen) atoms. The molecule has 2 aromatic heterocycles. The summed E-state index contributed by atoms with van der Waals surface area (Å²) in [6, 6.07) is 19.5. The number of hydrogen-bond donors (Lipinski definition) is 0. The van der Waals surface area contributed by atoms with Gasteiger partial charge in [0.2, 0.25) is 0 Å². The van der Waals surface area contributed by atoms with Gasteiger partial charge in [-0.15, -0.1) is 0 Å². The van der Waals surface area contributed by atoms with E-state index in [0.717, 1.165) is 53.2 Å². The van der Waals surface area contributed by atoms with Crippen LogP contribution < -0.4 is 4.74 Å². The van der Waals surface area contributed by atoms with E-state index in [1.807, 2.05) is 82.5 Å². The van der Waals surface area contributed by atoms with Crippen LogP contribution in [0.5, 0.6) is 5.75 Å². The number of fused-ring (bicyclic) bond motifs is 1. The van der Waals surface area contributed by atoms with Crippen LogP contribution in [0, 0.1) is 0 Å². The molecular weight excluding hydrogens is 388 g/mol. The van der Waals surface area contributed by atoms with Crippen LogP contribution >= 0.6 is 0 Å². The first-order valence-electron chi connectivity index (χ1n) is 10.6. The zero-order chi connectivity index (χ0) is 21.2. The van der Waals surface area contributed by atoms with Gasteiger partial charge < -0.3 is 9.64 Å². The quantitative estimate of drug-likeness (QED) is 0.498. The van der Waals surface area contributed by atoms with Gasteiger partial charge >= 0.3 is 0 Å². The number of carbonyl (C=O) groups is 1. The number of nitrogens with zero attached hydrogens (tertiary/aromatic N) is 4. The topological polar surface area (TPSA) is 59.7 Å². The highest BCUT2D eigenvalue weighted by Gasteiger charge is 2.27. The van der Waals surface area contributed by atoms with E-state index in [2.05, 4.69) is 10.1 Å². The van der Waals surface area contributed by atoms with Crippen LogP contribution in [0.4, 0.5) is 0 Å². The van der Waals surface area contributed by atoms with Gasteiger partial charge in [-0.1, -0.05) is 30.3 Å². The summed E-state index contributed by atoms with van der Waals surface area (Å²) in [5.74, 6) is 1.13. The van der Waals surface area contributed by atoms with Gasteiger partial charge in [-0.3, -0.25) is 4.79 Å². The Labute approximate surface area is 181 Å². The minimum absolute atomic E-state index is 0.0926. The summed E-state index contributed by atoms with van der Waals surface area (Å²) in [4.78, 5) is 19.5. The summed E-state index contributed by atoms with van der Waals surface area (Å²) < 4.78 is 7.20. The number of ether oxygens (including phenoxy) is 1. The number of carbonyl (C=O) groups excluding carboxylic acids is 1. The second-order valence-corrected chi connectivity index (χ2v) is 7.85. The monoisotopic (exact) mass is 412 g/mol. The Morgan fingerprint density at radius 1 is 1.06 bits per heavy atom. The van der Waals surface area contributed by atoms with Crippen molar-refractivity contribution in [1.29, 1.82) is 0 Å². The Bertz CT molecular complexity index is 1200. The van der Waals surface area contributed by atoms with Crippen molar-refractivity contribution < 1.29 is 9.53 Å². The number of rotatable bonds is 4. The van der Waals surface area contributed by atoms with Crippen molar-refractivity contribution in [3.63, 3.8) is 0 Å². The van der Waals surface area contributed by atoms with Gasteiger partial charge in [0.15, 0.2) is 5.65 Å². The SMILES string of the molecule is COc1ccc(-c2cnn3c(C4CCCN(C(=O)c5ccccc5)C4)ccnc23)cc1. The number of hydrogen-bond acceptors (Lipinski definition) is 4. The molecule has 0 N–H and O–H groups in total. The number of piperidine rings is 1. The number of benzene rings is 2. The maximum Gasteiger partial charge on any atom is 0.253 e. The maximum absolute atomic E-state index is 13.0. The van der Waals surface area contributed by atoms with E-state index in [1.54, 1.807) is 7.11 Å². The summed E-state index contributed by atoms with van der Waals surface area (Å²) in [5, 5.41) is 4.66. The Hall–Kier alpha value is -3.67. The van der Waals surface area contributed by atoms with Gasteiger partial charge in [-0.05, 0) is 48.7 Å². The summed E-state index contributed by atoms with van der Waals surface area (Å²) in [6.45, 7) is 1.47. The Morgan fingerprint density at radius 3 is 2.65 bits per heavy atom. The third-order valence-electron chi connectivity index (χ3n) is 5.98. The molecule has 0 aliphatic carbocycles. The van der Waals surface area contributed by atoms with Crippen molar-refractivity contribution in [3.05, 3.63) is 84.3 Å². The number of aromatic nitrogens is 3. The lowest BCUT2D eigenvalue weighted by molar-refractivity contribution is 0.0705. The molecule has 0 bridgehead atoms. The molecule has 1 atom stereocenters. The van der Waals surface area contributed by atoms with Crippen molar-refractivity contribution in [1.82, 2.24) is 19.5 Å². The lowest BCUT2D eigenvalue weighted by Crippen LogP contribution is -2.39. The lowest BCUT2D eigenvalue weighted by atomic mass is 9.94. The molecule has 0 radical (unpaired) electrons. The van der Waals surface area contributed by atoms with Gasteiger partial charge in [0.25, 0.3) is 5.91 Å². The van der Waals surface area contributed by atoms with E-state index in [-0.39, 0.29) is 11.8 Å². The lowest BCUT2D eigenvalue weighted by Gasteiger charge is -2.33. The van der Waals surface area contributed by atoms with Crippen LogP contribution in [0.2, 0.25) is 0 Å². The predicted octanol–water partition coefficient (Wildman–Crippen LogP) is 4.42. The molecule has 0 spiro atoms. The standard InChI is InChI=1S/C25H24N4O2/c1-31-21-11-9-18(10-12-21)22-16-27-29-23(13-14-26-24(22)29)20-8-5-15-28(17-20)25(30)19-6-3-2-4-7-19/h2-4,6-7,9-14,16,20H,5,8,15,17H2,1H3. The van der Waals surface area contributed by atoms with Crippen LogP contribution in [0.25, 0.3) is 16.8 Å². The molecular formula is C25H24N4O2. The average molecular weight is 412 g/mol. The summed E-state index contributed by atoms with van der Waals surface area (Å²) >= 11 is 0. The van der Waals surface area contributed by atoms with Gasteiger partial charge in [-0.2, -0.15) is 5.10 Å². The molecule has 4 aromatic rings. The third-order valence-corrected chi connectivity index (χ3v) is 5.98. The first kappa shape index (κ1) is 19.3. The molecule has 1 fully saturated rings. The molecule has 1 aliphatic heterocycles. The first-order chi connectivity index (χ1) is 15.2. The minimum atomic E-state index is 0.0926. The molecule has 5 rings (SSSR count). The smallest absolute Gasteiger partial charge is 0.253 e. The van der Waals surface area contributed by atoms with Crippen LogP contribution in [-0.4, -0.2) is 45.6 Å². The van der Waals surface area contributed by atoms with Crippen LogP contribution in [0.15, 0.2) is 73.1 Å². The van der Waals surface area contributed by atoms with Crippen molar-refractivity contribution in [2.75, 3.05) is 20.2 Å². The number of likely N-dealkylation sites (tertiary alicyclic amines) is 1. The van der Waals surface area contributed by atoms with Crippen molar-refractivity contribution in [2.24, 2.45) is 0 Å². The second-order valence-electron chi connectivity index (χ2n) is 7.85. The van der Waals surface area contributed by atoms with Crippen LogP contribution in [-0.2, 0) is 0 Å². The molecule has 1 aliphatic rings. The second kappa shape index (κ2) is 8.22. The van der Waals surface area contributed by atoms with E-state index in [0.29, 0.717) is 6.54 Å². The highest BCUT2D eigenvalue weighted by Crippen LogP contribution is 2.31. The van der Waals surface area contributed by atoms with E-state index < -0.39 is 0 Å². The molecule has 3 heterocycles. The van der Waals surface area contributed by atoms with Gasteiger partial charge in [0, 0.05) is 36.3 Å². The molecule has 1 saturated heterocycles. The molecule has 1 unspecified atom stereocenters. The molecule has 2 aromatic carbocycles. The van der Waals surface area contributed by atoms with Crippen molar-refractivity contribution in [2.45, 2.75) is 18.8 Å². The maximum atomic E-state index is 13.0. The third kappa shape index (κ3) is 3.65. The fourth-order valence-electron chi connectivity index (χ4n) is 4.36. The summed E-state index contributed by atoms with van der Waals surface area (Å²) in [5.41, 5.74) is 4.69. The minimum Gasteiger partial charge on any atom is -0.497 e. The molecule has 156 valence electrons. The van der Waals surface area contributed by atoms with Crippen LogP contribution in [0.3, 0.4) is 0 Å². The van der Waals surface area contributed by atoms with Crippen molar-refractivity contribution >= 4 is 11.6 Å². The average Bonchev–Trinajstić information content (AvgIpc) is 3.28. The number of amides is 1. The zero-order valence-corrected chi connectivity index (χ0v) is 17.4. The van der Waals surface area contributed by atoms with E-state index in [9.17, 15) is 4.79 Å². The van der Waals surface area contributed by atoms with Gasteiger partial charge in [0.05, 0.1) is 19.0 Å². The molecule has 6 nitrogen and oxygen atoms in total. The first-order valence-corrected chi connectivity index (χ1v) is 10.6. The van der Waals surface area contributed by atoms with E-state index in [4.69, 9.17) is 4.74 Å². The summed E-state index contributed by atoms with van der Waals surface area (Å²) in [6.07, 6.45) is 5.70. The van der Waals surface area contributed by atoms with Gasteiger partial charge in [-0.25, -0.2) is 9.50 Å². The number of methoxy groups -OCH3 is 1. The molecule has 1 amide bonds. The zero-order valence-electron chi connectivity index (χ0n) is 17.4. The fourth-order valence-corrected chi connectivity index (χ4v) is 4.36. The molecule has 6 heteroatoms. The Morgan fingerprint density at radius 2 is 1.87 bits per heavy atom. The summed E-state index contributed by atoms with van der Waals surface area (Å²) in [7, 11) is 1.66. The van der Waals surface area contributed by atoms with E-state index >= 15 is 0 Å². The highest BCUT2D eigenvalue weighted by atomic mass is 16.5. The fraction of sp³-hybridized carbons (Fsp3) is 0.240. The predicted molar refractivity (Wildman–Crippen MR) is 119 cm³/mol. The van der Waals surface area contributed by atoms with Gasteiger partial charge in [0.1, 0.15) is 5.75 Å². The highest BCUT2D eigenvalue weighted by molar-refractivity contribution is 5.94. The Balaban J connectivity index is 1.45. The normalized spacial score (nSPS) is 16.4.